The highest BCUT2D eigenvalue weighted by Crippen LogP contribution is 2.18. The fraction of sp³-hybridized carbons (Fsp3) is 0.867. The zero-order valence-electron chi connectivity index (χ0n) is 12.5. The lowest BCUT2D eigenvalue weighted by molar-refractivity contribution is -0.133. The fourth-order valence-corrected chi connectivity index (χ4v) is 3.10. The summed E-state index contributed by atoms with van der Waals surface area (Å²) in [5.74, 6) is 0.0838. The summed E-state index contributed by atoms with van der Waals surface area (Å²) in [5.41, 5.74) is 0. The Bertz CT molecular complexity index is 338. The summed E-state index contributed by atoms with van der Waals surface area (Å²) in [6, 6.07) is 0.0668. The molecule has 5 nitrogen and oxygen atoms in total. The minimum Gasteiger partial charge on any atom is -0.447 e. The van der Waals surface area contributed by atoms with Crippen LogP contribution in [0.5, 0.6) is 0 Å². The Kier molecular flexibility index (Phi) is 5.68. The van der Waals surface area contributed by atoms with Crippen LogP contribution in [0.4, 0.5) is 4.79 Å². The number of carbonyl (C=O) groups is 2. The summed E-state index contributed by atoms with van der Waals surface area (Å²) < 4.78 is 5.45. The number of rotatable bonds is 2. The molecule has 2 saturated heterocycles. The number of nitrogens with zero attached hydrogens (tertiary/aromatic N) is 2. The fourth-order valence-electron chi connectivity index (χ4n) is 3.10. The molecule has 114 valence electrons. The summed E-state index contributed by atoms with van der Waals surface area (Å²) in [5, 5.41) is 0. The van der Waals surface area contributed by atoms with E-state index in [1.54, 1.807) is 6.92 Å². The lowest BCUT2D eigenvalue weighted by Crippen LogP contribution is -2.46. The first-order chi connectivity index (χ1) is 9.68. The van der Waals surface area contributed by atoms with E-state index >= 15 is 0 Å². The van der Waals surface area contributed by atoms with E-state index in [4.69, 9.17) is 4.74 Å². The zero-order chi connectivity index (χ0) is 14.4. The molecule has 0 saturated carbocycles. The monoisotopic (exact) mass is 282 g/mol. The summed E-state index contributed by atoms with van der Waals surface area (Å²) in [6.45, 7) is 4.34. The second-order valence-electron chi connectivity index (χ2n) is 5.84. The average Bonchev–Trinajstić information content (AvgIpc) is 2.74. The molecule has 2 aliphatic heterocycles. The van der Waals surface area contributed by atoms with Crippen LogP contribution in [0, 0.1) is 0 Å². The summed E-state index contributed by atoms with van der Waals surface area (Å²) in [7, 11) is 0. The first-order valence-electron chi connectivity index (χ1n) is 7.87. The van der Waals surface area contributed by atoms with E-state index in [1.807, 2.05) is 9.80 Å². The van der Waals surface area contributed by atoms with Crippen LogP contribution >= 0.6 is 0 Å². The maximum atomic E-state index is 12.1. The molecule has 2 fully saturated rings. The Labute approximate surface area is 121 Å². The topological polar surface area (TPSA) is 49.9 Å². The molecule has 0 aromatic carbocycles. The van der Waals surface area contributed by atoms with Gasteiger partial charge in [-0.2, -0.15) is 0 Å². The van der Waals surface area contributed by atoms with Crippen molar-refractivity contribution in [2.75, 3.05) is 26.2 Å². The van der Waals surface area contributed by atoms with Gasteiger partial charge in [0.25, 0.3) is 0 Å². The van der Waals surface area contributed by atoms with Crippen molar-refractivity contribution in [2.24, 2.45) is 0 Å². The third kappa shape index (κ3) is 4.12. The zero-order valence-corrected chi connectivity index (χ0v) is 12.5. The maximum absolute atomic E-state index is 12.1. The number of likely N-dealkylation sites (tertiary alicyclic amines) is 2. The number of amides is 2. The van der Waals surface area contributed by atoms with Crippen molar-refractivity contribution >= 4 is 12.0 Å². The van der Waals surface area contributed by atoms with Crippen molar-refractivity contribution in [3.05, 3.63) is 0 Å². The molecule has 0 bridgehead atoms. The molecule has 0 radical (unpaired) electrons. The van der Waals surface area contributed by atoms with Gasteiger partial charge in [0, 0.05) is 26.6 Å². The van der Waals surface area contributed by atoms with E-state index < -0.39 is 0 Å². The molecule has 0 spiro atoms. The van der Waals surface area contributed by atoms with Crippen molar-refractivity contribution in [3.63, 3.8) is 0 Å². The van der Waals surface area contributed by atoms with Gasteiger partial charge >= 0.3 is 6.09 Å². The smallest absolute Gasteiger partial charge is 0.409 e. The minimum atomic E-state index is -0.207. The van der Waals surface area contributed by atoms with Gasteiger partial charge in [0.05, 0.1) is 6.04 Å². The normalized spacial score (nSPS) is 24.1. The molecular formula is C15H26N2O3. The Morgan fingerprint density at radius 1 is 1.00 bits per heavy atom. The van der Waals surface area contributed by atoms with Gasteiger partial charge in [-0.3, -0.25) is 4.79 Å². The lowest BCUT2D eigenvalue weighted by Gasteiger charge is -2.35. The standard InChI is InChI=1S/C15H26N2O3/c1-13(18)17-11-7-4-8-14(17)12-20-15(19)16-9-5-2-3-6-10-16/h14H,2-12H2,1H3. The lowest BCUT2D eigenvalue weighted by atomic mass is 10.0. The van der Waals surface area contributed by atoms with Crippen LogP contribution in [0.15, 0.2) is 0 Å². The summed E-state index contributed by atoms with van der Waals surface area (Å²) >= 11 is 0. The van der Waals surface area contributed by atoms with Gasteiger partial charge in [-0.1, -0.05) is 12.8 Å². The highest BCUT2D eigenvalue weighted by Gasteiger charge is 2.26. The first-order valence-corrected chi connectivity index (χ1v) is 7.87. The van der Waals surface area contributed by atoms with E-state index in [-0.39, 0.29) is 18.0 Å². The maximum Gasteiger partial charge on any atom is 0.409 e. The quantitative estimate of drug-likeness (QED) is 0.781. The SMILES string of the molecule is CC(=O)N1CCCCC1COC(=O)N1CCCCCC1. The molecule has 2 heterocycles. The third-order valence-electron chi connectivity index (χ3n) is 4.30. The number of piperidine rings is 1. The van der Waals surface area contributed by atoms with Crippen LogP contribution in [0.25, 0.3) is 0 Å². The third-order valence-corrected chi connectivity index (χ3v) is 4.30. The molecule has 0 aromatic heterocycles. The molecule has 5 heteroatoms. The Balaban J connectivity index is 1.80. The van der Waals surface area contributed by atoms with Crippen LogP contribution in [-0.4, -0.2) is 54.1 Å². The van der Waals surface area contributed by atoms with Crippen LogP contribution in [0.2, 0.25) is 0 Å². The van der Waals surface area contributed by atoms with Crippen LogP contribution in [0.1, 0.15) is 51.9 Å². The van der Waals surface area contributed by atoms with Gasteiger partial charge in [0.15, 0.2) is 0 Å². The first kappa shape index (κ1) is 15.1. The van der Waals surface area contributed by atoms with E-state index in [0.717, 1.165) is 51.7 Å². The van der Waals surface area contributed by atoms with E-state index in [9.17, 15) is 9.59 Å². The van der Waals surface area contributed by atoms with Crippen molar-refractivity contribution in [2.45, 2.75) is 57.9 Å². The number of ether oxygens (including phenoxy) is 1. The molecule has 2 rings (SSSR count). The second-order valence-corrected chi connectivity index (χ2v) is 5.84. The molecule has 0 aromatic rings. The van der Waals surface area contributed by atoms with E-state index in [1.165, 1.54) is 12.8 Å². The van der Waals surface area contributed by atoms with Gasteiger partial charge < -0.3 is 14.5 Å². The van der Waals surface area contributed by atoms with Crippen LogP contribution < -0.4 is 0 Å². The number of carbonyl (C=O) groups excluding carboxylic acids is 2. The van der Waals surface area contributed by atoms with Crippen LogP contribution in [-0.2, 0) is 9.53 Å². The van der Waals surface area contributed by atoms with Gasteiger partial charge in [-0.25, -0.2) is 4.79 Å². The van der Waals surface area contributed by atoms with Gasteiger partial charge in [-0.15, -0.1) is 0 Å². The summed E-state index contributed by atoms with van der Waals surface area (Å²) in [6.07, 6.45) is 7.42. The van der Waals surface area contributed by atoms with Crippen LogP contribution in [0.3, 0.4) is 0 Å². The van der Waals surface area contributed by atoms with Gasteiger partial charge in [-0.05, 0) is 32.1 Å². The van der Waals surface area contributed by atoms with E-state index in [2.05, 4.69) is 0 Å². The highest BCUT2D eigenvalue weighted by atomic mass is 16.6. The van der Waals surface area contributed by atoms with Crippen molar-refractivity contribution < 1.29 is 14.3 Å². The average molecular weight is 282 g/mol. The molecule has 2 amide bonds. The minimum absolute atomic E-state index is 0.0668. The number of hydrogen-bond acceptors (Lipinski definition) is 3. The Hall–Kier alpha value is -1.26. The Morgan fingerprint density at radius 2 is 1.65 bits per heavy atom. The molecular weight excluding hydrogens is 256 g/mol. The molecule has 1 unspecified atom stereocenters. The molecule has 2 aliphatic rings. The second kappa shape index (κ2) is 7.50. The summed E-state index contributed by atoms with van der Waals surface area (Å²) in [4.78, 5) is 27.3. The van der Waals surface area contributed by atoms with Gasteiger partial charge in [0.1, 0.15) is 6.61 Å². The molecule has 20 heavy (non-hydrogen) atoms. The largest absolute Gasteiger partial charge is 0.447 e. The Morgan fingerprint density at radius 3 is 2.30 bits per heavy atom. The van der Waals surface area contributed by atoms with E-state index in [0.29, 0.717) is 6.61 Å². The molecule has 0 aliphatic carbocycles. The molecule has 0 N–H and O–H groups in total. The van der Waals surface area contributed by atoms with Crippen molar-refractivity contribution in [3.8, 4) is 0 Å². The predicted molar refractivity (Wildman–Crippen MR) is 76.4 cm³/mol. The molecule has 1 atom stereocenters. The number of hydrogen-bond donors (Lipinski definition) is 0. The van der Waals surface area contributed by atoms with Gasteiger partial charge in [0.2, 0.25) is 5.91 Å². The predicted octanol–water partition coefficient (Wildman–Crippen LogP) is 2.40. The van der Waals surface area contributed by atoms with Crippen molar-refractivity contribution in [1.82, 2.24) is 9.80 Å². The highest BCUT2D eigenvalue weighted by molar-refractivity contribution is 5.73. The van der Waals surface area contributed by atoms with Crippen molar-refractivity contribution in [1.29, 1.82) is 0 Å².